The van der Waals surface area contributed by atoms with Crippen molar-refractivity contribution in [2.75, 3.05) is 17.2 Å². The standard InChI is InChI=1S/C14H14F4N4/c1-2-19-13-21-11(14(16,17)18)7-12(22-13)20-8-9-4-3-5-10(15)6-9/h3-7H,2,8H2,1H3,(H2,19,20,21,22). The fraction of sp³-hybridized carbons (Fsp3) is 0.286. The van der Waals surface area contributed by atoms with Gasteiger partial charge in [0.15, 0.2) is 5.69 Å². The summed E-state index contributed by atoms with van der Waals surface area (Å²) in [6, 6.07) is 6.59. The number of hydrogen-bond donors (Lipinski definition) is 2. The Morgan fingerprint density at radius 1 is 1.09 bits per heavy atom. The maximum Gasteiger partial charge on any atom is 0.433 e. The monoisotopic (exact) mass is 314 g/mol. The Bertz CT molecular complexity index is 643. The molecule has 0 radical (unpaired) electrons. The van der Waals surface area contributed by atoms with Crippen LogP contribution in [0.2, 0.25) is 0 Å². The summed E-state index contributed by atoms with van der Waals surface area (Å²) in [6.45, 7) is 2.27. The molecule has 0 spiro atoms. The van der Waals surface area contributed by atoms with Crippen LogP contribution in [0.3, 0.4) is 0 Å². The summed E-state index contributed by atoms with van der Waals surface area (Å²) in [5, 5.41) is 5.39. The fourth-order valence-electron chi connectivity index (χ4n) is 1.76. The minimum absolute atomic E-state index is 0.0162. The van der Waals surface area contributed by atoms with E-state index in [0.29, 0.717) is 12.1 Å². The summed E-state index contributed by atoms with van der Waals surface area (Å²) in [5.74, 6) is -0.507. The molecule has 0 bridgehead atoms. The molecule has 0 saturated heterocycles. The van der Waals surface area contributed by atoms with Crippen LogP contribution in [-0.2, 0) is 12.7 Å². The van der Waals surface area contributed by atoms with Crippen molar-refractivity contribution >= 4 is 11.8 Å². The molecular weight excluding hydrogens is 300 g/mol. The van der Waals surface area contributed by atoms with E-state index in [-0.39, 0.29) is 18.3 Å². The lowest BCUT2D eigenvalue weighted by atomic mass is 10.2. The molecule has 2 N–H and O–H groups in total. The Morgan fingerprint density at radius 3 is 2.50 bits per heavy atom. The van der Waals surface area contributed by atoms with Crippen LogP contribution < -0.4 is 10.6 Å². The number of rotatable bonds is 5. The first-order valence-corrected chi connectivity index (χ1v) is 6.57. The maximum atomic E-state index is 13.1. The first-order chi connectivity index (χ1) is 10.4. The molecule has 8 heteroatoms. The third-order valence-corrected chi connectivity index (χ3v) is 2.71. The first-order valence-electron chi connectivity index (χ1n) is 6.57. The molecule has 22 heavy (non-hydrogen) atoms. The van der Waals surface area contributed by atoms with Gasteiger partial charge in [-0.3, -0.25) is 0 Å². The number of benzene rings is 1. The number of nitrogens with one attached hydrogen (secondary N) is 2. The van der Waals surface area contributed by atoms with Gasteiger partial charge in [0.25, 0.3) is 0 Å². The minimum Gasteiger partial charge on any atom is -0.366 e. The Balaban J connectivity index is 2.20. The van der Waals surface area contributed by atoms with Crippen LogP contribution in [0.15, 0.2) is 30.3 Å². The predicted octanol–water partition coefficient (Wildman–Crippen LogP) is 3.68. The largest absolute Gasteiger partial charge is 0.433 e. The van der Waals surface area contributed by atoms with E-state index >= 15 is 0 Å². The minimum atomic E-state index is -4.57. The van der Waals surface area contributed by atoms with Gasteiger partial charge in [0, 0.05) is 19.2 Å². The predicted molar refractivity (Wildman–Crippen MR) is 74.9 cm³/mol. The summed E-state index contributed by atoms with van der Waals surface area (Å²) in [7, 11) is 0. The summed E-state index contributed by atoms with van der Waals surface area (Å²) in [6.07, 6.45) is -4.57. The van der Waals surface area contributed by atoms with Crippen molar-refractivity contribution in [1.29, 1.82) is 0 Å². The maximum absolute atomic E-state index is 13.1. The van der Waals surface area contributed by atoms with Crippen molar-refractivity contribution in [2.24, 2.45) is 0 Å². The molecule has 1 aromatic heterocycles. The van der Waals surface area contributed by atoms with Gasteiger partial charge in [0.1, 0.15) is 11.6 Å². The summed E-state index contributed by atoms with van der Waals surface area (Å²) < 4.78 is 51.5. The number of hydrogen-bond acceptors (Lipinski definition) is 4. The lowest BCUT2D eigenvalue weighted by Crippen LogP contribution is -2.14. The van der Waals surface area contributed by atoms with Crippen molar-refractivity contribution in [3.63, 3.8) is 0 Å². The smallest absolute Gasteiger partial charge is 0.366 e. The Morgan fingerprint density at radius 2 is 1.86 bits per heavy atom. The Hall–Kier alpha value is -2.38. The van der Waals surface area contributed by atoms with Crippen LogP contribution in [0.4, 0.5) is 29.3 Å². The van der Waals surface area contributed by atoms with E-state index < -0.39 is 17.7 Å². The molecule has 0 aliphatic carbocycles. The molecule has 0 atom stereocenters. The quantitative estimate of drug-likeness (QED) is 0.827. The second kappa shape index (κ2) is 6.59. The van der Waals surface area contributed by atoms with Crippen LogP contribution in [0, 0.1) is 5.82 Å². The van der Waals surface area contributed by atoms with Crippen LogP contribution in [0.25, 0.3) is 0 Å². The third kappa shape index (κ3) is 4.31. The molecule has 2 aromatic rings. The Labute approximate surface area is 124 Å². The van der Waals surface area contributed by atoms with Gasteiger partial charge in [-0.2, -0.15) is 18.2 Å². The molecule has 0 amide bonds. The zero-order valence-corrected chi connectivity index (χ0v) is 11.7. The van der Waals surface area contributed by atoms with Crippen molar-refractivity contribution in [3.05, 3.63) is 47.4 Å². The zero-order valence-electron chi connectivity index (χ0n) is 11.7. The van der Waals surface area contributed by atoms with Gasteiger partial charge in [0.2, 0.25) is 5.95 Å². The van der Waals surface area contributed by atoms with E-state index in [0.717, 1.165) is 6.07 Å². The van der Waals surface area contributed by atoms with Crippen LogP contribution in [0.1, 0.15) is 18.2 Å². The lowest BCUT2D eigenvalue weighted by molar-refractivity contribution is -0.141. The number of aromatic nitrogens is 2. The molecule has 1 aromatic carbocycles. The summed E-state index contributed by atoms with van der Waals surface area (Å²) in [4.78, 5) is 7.36. The van der Waals surface area contributed by atoms with Gasteiger partial charge in [-0.25, -0.2) is 9.37 Å². The molecule has 0 fully saturated rings. The van der Waals surface area contributed by atoms with Crippen molar-refractivity contribution in [2.45, 2.75) is 19.6 Å². The molecule has 0 saturated carbocycles. The van der Waals surface area contributed by atoms with Gasteiger partial charge in [0.05, 0.1) is 0 Å². The van der Waals surface area contributed by atoms with Gasteiger partial charge >= 0.3 is 6.18 Å². The number of alkyl halides is 3. The lowest BCUT2D eigenvalue weighted by Gasteiger charge is -2.12. The topological polar surface area (TPSA) is 49.8 Å². The van der Waals surface area contributed by atoms with E-state index in [1.54, 1.807) is 13.0 Å². The van der Waals surface area contributed by atoms with Crippen molar-refractivity contribution in [1.82, 2.24) is 9.97 Å². The molecule has 0 unspecified atom stereocenters. The average Bonchev–Trinajstić information content (AvgIpc) is 2.44. The number of halogens is 4. The highest BCUT2D eigenvalue weighted by atomic mass is 19.4. The van der Waals surface area contributed by atoms with Crippen LogP contribution in [-0.4, -0.2) is 16.5 Å². The van der Waals surface area contributed by atoms with E-state index in [4.69, 9.17) is 0 Å². The third-order valence-electron chi connectivity index (χ3n) is 2.71. The average molecular weight is 314 g/mol. The van der Waals surface area contributed by atoms with Crippen LogP contribution >= 0.6 is 0 Å². The van der Waals surface area contributed by atoms with Crippen molar-refractivity contribution < 1.29 is 17.6 Å². The molecule has 0 aliphatic rings. The van der Waals surface area contributed by atoms with Crippen molar-refractivity contribution in [3.8, 4) is 0 Å². The highest BCUT2D eigenvalue weighted by Gasteiger charge is 2.33. The molecule has 4 nitrogen and oxygen atoms in total. The van der Waals surface area contributed by atoms with Gasteiger partial charge in [-0.15, -0.1) is 0 Å². The SMILES string of the molecule is CCNc1nc(NCc2cccc(F)c2)cc(C(F)(F)F)n1. The summed E-state index contributed by atoms with van der Waals surface area (Å²) >= 11 is 0. The molecule has 2 rings (SSSR count). The van der Waals surface area contributed by atoms with Gasteiger partial charge < -0.3 is 10.6 Å². The number of anilines is 2. The molecule has 118 valence electrons. The van der Waals surface area contributed by atoms with Gasteiger partial charge in [-0.05, 0) is 24.6 Å². The molecular formula is C14H14F4N4. The van der Waals surface area contributed by atoms with E-state index in [1.807, 2.05) is 0 Å². The van der Waals surface area contributed by atoms with E-state index in [2.05, 4.69) is 20.6 Å². The second-order valence-electron chi connectivity index (χ2n) is 4.47. The summed E-state index contributed by atoms with van der Waals surface area (Å²) in [5.41, 5.74) is -0.447. The molecule has 1 heterocycles. The van der Waals surface area contributed by atoms with Crippen LogP contribution in [0.5, 0.6) is 0 Å². The normalized spacial score (nSPS) is 11.3. The second-order valence-corrected chi connectivity index (χ2v) is 4.47. The van der Waals surface area contributed by atoms with E-state index in [9.17, 15) is 17.6 Å². The first kappa shape index (κ1) is 16.0. The zero-order chi connectivity index (χ0) is 16.2. The van der Waals surface area contributed by atoms with E-state index in [1.165, 1.54) is 18.2 Å². The number of nitrogens with zero attached hydrogens (tertiary/aromatic N) is 2. The Kier molecular flexibility index (Phi) is 4.79. The van der Waals surface area contributed by atoms with Gasteiger partial charge in [-0.1, -0.05) is 12.1 Å². The highest BCUT2D eigenvalue weighted by Crippen LogP contribution is 2.29. The molecule has 0 aliphatic heterocycles. The fourth-order valence-corrected chi connectivity index (χ4v) is 1.76. The highest BCUT2D eigenvalue weighted by molar-refractivity contribution is 5.43.